The van der Waals surface area contributed by atoms with Gasteiger partial charge in [0, 0.05) is 6.04 Å². The zero-order chi connectivity index (χ0) is 16.1. The van der Waals surface area contributed by atoms with Crippen LogP contribution in [0, 0.1) is 11.8 Å². The summed E-state index contributed by atoms with van der Waals surface area (Å²) < 4.78 is 0. The van der Waals surface area contributed by atoms with E-state index in [9.17, 15) is 9.90 Å². The lowest BCUT2D eigenvalue weighted by molar-refractivity contribution is -0.139. The van der Waals surface area contributed by atoms with Crippen molar-refractivity contribution >= 4 is 5.97 Å². The van der Waals surface area contributed by atoms with Gasteiger partial charge in [0.1, 0.15) is 6.04 Å². The fourth-order valence-electron chi connectivity index (χ4n) is 3.31. The lowest BCUT2D eigenvalue weighted by Crippen LogP contribution is -2.49. The standard InChI is InChI=1S/C19H27NO2/c1-13(2)16-10-9-14(3)11-17(16)20-18(19(21)22)12-15-7-5-4-6-8-15/h4-8,11,13,16-18,20H,9-10,12H2,1-3H3,(H,21,22)/t16?,17?,18-/m0/s1. The summed E-state index contributed by atoms with van der Waals surface area (Å²) in [5.74, 6) is 0.275. The normalized spacial score (nSPS) is 23.2. The minimum atomic E-state index is -0.775. The molecule has 0 spiro atoms. The van der Waals surface area contributed by atoms with Gasteiger partial charge in [-0.3, -0.25) is 10.1 Å². The topological polar surface area (TPSA) is 49.3 Å². The molecule has 3 heteroatoms. The summed E-state index contributed by atoms with van der Waals surface area (Å²) in [6, 6.07) is 9.44. The molecule has 1 aliphatic carbocycles. The number of carbonyl (C=O) groups is 1. The molecule has 2 unspecified atom stereocenters. The van der Waals surface area contributed by atoms with Gasteiger partial charge in [-0.15, -0.1) is 0 Å². The van der Waals surface area contributed by atoms with Crippen LogP contribution in [0.1, 0.15) is 39.2 Å². The summed E-state index contributed by atoms with van der Waals surface area (Å²) in [7, 11) is 0. The van der Waals surface area contributed by atoms with Gasteiger partial charge < -0.3 is 5.11 Å². The summed E-state index contributed by atoms with van der Waals surface area (Å²) in [6.07, 6.45) is 5.01. The van der Waals surface area contributed by atoms with Gasteiger partial charge in [-0.1, -0.05) is 55.8 Å². The first-order chi connectivity index (χ1) is 10.5. The molecule has 1 aromatic rings. The number of hydrogen-bond acceptors (Lipinski definition) is 2. The maximum atomic E-state index is 11.7. The number of carboxylic acid groups (broad SMARTS) is 1. The molecule has 0 bridgehead atoms. The molecule has 1 aromatic carbocycles. The number of benzene rings is 1. The highest BCUT2D eigenvalue weighted by molar-refractivity contribution is 5.74. The fraction of sp³-hybridized carbons (Fsp3) is 0.526. The molecule has 0 saturated heterocycles. The number of allylic oxidation sites excluding steroid dienone is 1. The van der Waals surface area contributed by atoms with E-state index in [0.29, 0.717) is 18.3 Å². The minimum absolute atomic E-state index is 0.151. The van der Waals surface area contributed by atoms with Crippen molar-refractivity contribution in [3.63, 3.8) is 0 Å². The van der Waals surface area contributed by atoms with Crippen molar-refractivity contribution in [3.8, 4) is 0 Å². The average molecular weight is 301 g/mol. The lowest BCUT2D eigenvalue weighted by atomic mass is 9.78. The van der Waals surface area contributed by atoms with Crippen LogP contribution in [-0.2, 0) is 11.2 Å². The first-order valence-electron chi connectivity index (χ1n) is 8.17. The smallest absolute Gasteiger partial charge is 0.321 e. The molecule has 1 aliphatic rings. The van der Waals surface area contributed by atoms with E-state index in [1.54, 1.807) is 0 Å². The molecule has 3 nitrogen and oxygen atoms in total. The van der Waals surface area contributed by atoms with Crippen LogP contribution in [0.3, 0.4) is 0 Å². The van der Waals surface area contributed by atoms with Crippen molar-refractivity contribution in [1.82, 2.24) is 5.32 Å². The Labute approximate surface area is 133 Å². The summed E-state index contributed by atoms with van der Waals surface area (Å²) in [5.41, 5.74) is 2.42. The molecule has 0 fully saturated rings. The summed E-state index contributed by atoms with van der Waals surface area (Å²) in [5, 5.41) is 13.0. The van der Waals surface area contributed by atoms with Crippen LogP contribution in [0.2, 0.25) is 0 Å². The Morgan fingerprint density at radius 1 is 1.32 bits per heavy atom. The molecular weight excluding hydrogens is 274 g/mol. The molecule has 2 N–H and O–H groups in total. The summed E-state index contributed by atoms with van der Waals surface area (Å²) in [4.78, 5) is 11.7. The van der Waals surface area contributed by atoms with Crippen molar-refractivity contribution in [2.24, 2.45) is 11.8 Å². The summed E-state index contributed by atoms with van der Waals surface area (Å²) in [6.45, 7) is 6.58. The Kier molecular flexibility index (Phi) is 5.78. The highest BCUT2D eigenvalue weighted by Crippen LogP contribution is 2.29. The molecule has 3 atom stereocenters. The Morgan fingerprint density at radius 3 is 2.59 bits per heavy atom. The van der Waals surface area contributed by atoms with E-state index < -0.39 is 12.0 Å². The molecule has 0 aliphatic heterocycles. The van der Waals surface area contributed by atoms with E-state index in [4.69, 9.17) is 0 Å². The summed E-state index contributed by atoms with van der Waals surface area (Å²) >= 11 is 0. The van der Waals surface area contributed by atoms with Gasteiger partial charge in [0.05, 0.1) is 0 Å². The first kappa shape index (κ1) is 16.8. The van der Waals surface area contributed by atoms with Crippen LogP contribution < -0.4 is 5.32 Å². The van der Waals surface area contributed by atoms with Gasteiger partial charge in [-0.05, 0) is 43.6 Å². The monoisotopic (exact) mass is 301 g/mol. The molecule has 22 heavy (non-hydrogen) atoms. The molecule has 0 radical (unpaired) electrons. The number of carboxylic acids is 1. The van der Waals surface area contributed by atoms with Crippen molar-refractivity contribution < 1.29 is 9.90 Å². The SMILES string of the molecule is CC1=CC(N[C@@H](Cc2ccccc2)C(=O)O)C(C(C)C)CC1. The first-order valence-corrected chi connectivity index (χ1v) is 8.17. The van der Waals surface area contributed by atoms with Crippen LogP contribution >= 0.6 is 0 Å². The molecule has 0 amide bonds. The molecule has 2 rings (SSSR count). The predicted octanol–water partition coefficient (Wildman–Crippen LogP) is 3.65. The second-order valence-corrected chi connectivity index (χ2v) is 6.73. The zero-order valence-corrected chi connectivity index (χ0v) is 13.8. The van der Waals surface area contributed by atoms with Crippen LogP contribution in [-0.4, -0.2) is 23.2 Å². The van der Waals surface area contributed by atoms with E-state index >= 15 is 0 Å². The van der Waals surface area contributed by atoms with Crippen molar-refractivity contribution in [1.29, 1.82) is 0 Å². The van der Waals surface area contributed by atoms with Gasteiger partial charge in [0.15, 0.2) is 0 Å². The number of aliphatic carboxylic acids is 1. The number of nitrogens with one attached hydrogen (secondary N) is 1. The van der Waals surface area contributed by atoms with E-state index in [1.807, 2.05) is 30.3 Å². The van der Waals surface area contributed by atoms with E-state index in [0.717, 1.165) is 18.4 Å². The van der Waals surface area contributed by atoms with Gasteiger partial charge in [0.25, 0.3) is 0 Å². The number of hydrogen-bond donors (Lipinski definition) is 2. The third-order valence-electron chi connectivity index (χ3n) is 4.63. The average Bonchev–Trinajstić information content (AvgIpc) is 2.47. The largest absolute Gasteiger partial charge is 0.480 e. The third-order valence-corrected chi connectivity index (χ3v) is 4.63. The highest BCUT2D eigenvalue weighted by atomic mass is 16.4. The predicted molar refractivity (Wildman–Crippen MR) is 89.8 cm³/mol. The molecule has 0 aromatic heterocycles. The van der Waals surface area contributed by atoms with Gasteiger partial charge in [-0.2, -0.15) is 0 Å². The second kappa shape index (κ2) is 7.59. The quantitative estimate of drug-likeness (QED) is 0.789. The van der Waals surface area contributed by atoms with Gasteiger partial charge in [-0.25, -0.2) is 0 Å². The maximum absolute atomic E-state index is 11.7. The third kappa shape index (κ3) is 4.44. The Hall–Kier alpha value is -1.61. The molecular formula is C19H27NO2. The van der Waals surface area contributed by atoms with Crippen molar-refractivity contribution in [3.05, 3.63) is 47.5 Å². The van der Waals surface area contributed by atoms with Crippen LogP contribution in [0.4, 0.5) is 0 Å². The van der Waals surface area contributed by atoms with Crippen molar-refractivity contribution in [2.75, 3.05) is 0 Å². The molecule has 0 saturated carbocycles. The maximum Gasteiger partial charge on any atom is 0.321 e. The van der Waals surface area contributed by atoms with E-state index in [1.165, 1.54) is 5.57 Å². The van der Waals surface area contributed by atoms with Gasteiger partial charge >= 0.3 is 5.97 Å². The van der Waals surface area contributed by atoms with Crippen LogP contribution in [0.5, 0.6) is 0 Å². The van der Waals surface area contributed by atoms with Crippen LogP contribution in [0.15, 0.2) is 42.0 Å². The second-order valence-electron chi connectivity index (χ2n) is 6.73. The number of rotatable bonds is 6. The van der Waals surface area contributed by atoms with E-state index in [2.05, 4.69) is 32.2 Å². The zero-order valence-electron chi connectivity index (χ0n) is 13.8. The Morgan fingerprint density at radius 2 is 2.00 bits per heavy atom. The molecule has 120 valence electrons. The fourth-order valence-corrected chi connectivity index (χ4v) is 3.31. The van der Waals surface area contributed by atoms with Crippen molar-refractivity contribution in [2.45, 2.75) is 52.1 Å². The lowest BCUT2D eigenvalue weighted by Gasteiger charge is -2.35. The van der Waals surface area contributed by atoms with Crippen LogP contribution in [0.25, 0.3) is 0 Å². The highest BCUT2D eigenvalue weighted by Gasteiger charge is 2.30. The minimum Gasteiger partial charge on any atom is -0.480 e. The molecule has 0 heterocycles. The Balaban J connectivity index is 2.12. The van der Waals surface area contributed by atoms with Gasteiger partial charge in [0.2, 0.25) is 0 Å². The Bertz CT molecular complexity index is 521. The van der Waals surface area contributed by atoms with E-state index in [-0.39, 0.29) is 6.04 Å².